The molecule has 130 valence electrons. The van der Waals surface area contributed by atoms with Crippen molar-refractivity contribution in [3.05, 3.63) is 53.9 Å². The minimum atomic E-state index is 0.646. The second-order valence-corrected chi connectivity index (χ2v) is 7.23. The summed E-state index contributed by atoms with van der Waals surface area (Å²) in [4.78, 5) is 9.59. The van der Waals surface area contributed by atoms with E-state index in [0.717, 1.165) is 42.5 Å². The van der Waals surface area contributed by atoms with Gasteiger partial charge in [-0.3, -0.25) is 4.90 Å². The smallest absolute Gasteiger partial charge is 0.226 e. The Kier molecular flexibility index (Phi) is 4.32. The molecule has 0 bridgehead atoms. The summed E-state index contributed by atoms with van der Waals surface area (Å²) in [6.45, 7) is 5.12. The lowest BCUT2D eigenvalue weighted by molar-refractivity contribution is 0.262. The van der Waals surface area contributed by atoms with Gasteiger partial charge in [-0.25, -0.2) is 4.98 Å². The molecule has 1 atom stereocenters. The molecule has 0 amide bonds. The number of benzene rings is 2. The molecule has 2 heterocycles. The second kappa shape index (κ2) is 6.62. The van der Waals surface area contributed by atoms with Gasteiger partial charge in [0.1, 0.15) is 5.76 Å². The minimum absolute atomic E-state index is 0.646. The van der Waals surface area contributed by atoms with Crippen molar-refractivity contribution in [3.8, 4) is 11.5 Å². The van der Waals surface area contributed by atoms with Gasteiger partial charge in [0.25, 0.3) is 0 Å². The van der Waals surface area contributed by atoms with E-state index in [0.29, 0.717) is 6.04 Å². The number of hydrogen-bond donors (Lipinski definition) is 0. The fourth-order valence-electron chi connectivity index (χ4n) is 3.61. The highest BCUT2D eigenvalue weighted by atomic mass is 16.4. The summed E-state index contributed by atoms with van der Waals surface area (Å²) in [5, 5.41) is 2.45. The van der Waals surface area contributed by atoms with Crippen LogP contribution in [0.2, 0.25) is 0 Å². The fourth-order valence-corrected chi connectivity index (χ4v) is 3.61. The highest BCUT2D eigenvalue weighted by Gasteiger charge is 2.25. The normalized spacial score (nSPS) is 18.5. The lowest BCUT2D eigenvalue weighted by Crippen LogP contribution is -2.31. The summed E-state index contributed by atoms with van der Waals surface area (Å²) < 4.78 is 5.99. The van der Waals surface area contributed by atoms with Crippen molar-refractivity contribution in [1.82, 2.24) is 14.8 Å². The molecule has 1 saturated heterocycles. The molecule has 1 aromatic heterocycles. The zero-order valence-corrected chi connectivity index (χ0v) is 15.2. The van der Waals surface area contributed by atoms with Crippen LogP contribution in [0.25, 0.3) is 22.2 Å². The average Bonchev–Trinajstić information content (AvgIpc) is 3.22. The molecule has 3 aromatic rings. The van der Waals surface area contributed by atoms with Crippen LogP contribution in [-0.2, 0) is 6.54 Å². The van der Waals surface area contributed by atoms with Gasteiger partial charge in [-0.05, 0) is 50.3 Å². The highest BCUT2D eigenvalue weighted by Crippen LogP contribution is 2.27. The topological polar surface area (TPSA) is 32.5 Å². The Morgan fingerprint density at radius 1 is 1.16 bits per heavy atom. The Labute approximate surface area is 149 Å². The van der Waals surface area contributed by atoms with Crippen LogP contribution in [0.4, 0.5) is 0 Å². The molecule has 0 N–H and O–H groups in total. The quantitative estimate of drug-likeness (QED) is 0.723. The summed E-state index contributed by atoms with van der Waals surface area (Å²) in [6.07, 6.45) is 1.22. The van der Waals surface area contributed by atoms with E-state index in [2.05, 4.69) is 66.4 Å². The molecular formula is C21H25N3O. The van der Waals surface area contributed by atoms with Gasteiger partial charge < -0.3 is 9.32 Å². The summed E-state index contributed by atoms with van der Waals surface area (Å²) >= 11 is 0. The van der Waals surface area contributed by atoms with E-state index in [1.807, 2.05) is 6.92 Å². The molecule has 1 aliphatic rings. The van der Waals surface area contributed by atoms with Crippen LogP contribution in [0.3, 0.4) is 0 Å². The van der Waals surface area contributed by atoms with Crippen molar-refractivity contribution in [1.29, 1.82) is 0 Å². The number of aromatic nitrogens is 1. The zero-order valence-electron chi connectivity index (χ0n) is 15.2. The van der Waals surface area contributed by atoms with Crippen molar-refractivity contribution in [2.45, 2.75) is 25.9 Å². The average molecular weight is 335 g/mol. The number of aryl methyl sites for hydroxylation is 1. The van der Waals surface area contributed by atoms with Gasteiger partial charge in [-0.1, -0.05) is 30.3 Å². The lowest BCUT2D eigenvalue weighted by atomic mass is 10.1. The molecule has 25 heavy (non-hydrogen) atoms. The van der Waals surface area contributed by atoms with Crippen molar-refractivity contribution < 1.29 is 4.42 Å². The maximum Gasteiger partial charge on any atom is 0.226 e. The number of likely N-dealkylation sites (N-methyl/N-ethyl adjacent to an activating group) is 1. The number of rotatable bonds is 4. The van der Waals surface area contributed by atoms with E-state index in [-0.39, 0.29) is 0 Å². The predicted octanol–water partition coefficient (Wildman–Crippen LogP) is 3.94. The van der Waals surface area contributed by atoms with Crippen LogP contribution in [0.15, 0.2) is 46.9 Å². The van der Waals surface area contributed by atoms with Gasteiger partial charge in [-0.2, -0.15) is 0 Å². The van der Waals surface area contributed by atoms with E-state index >= 15 is 0 Å². The van der Waals surface area contributed by atoms with Crippen molar-refractivity contribution in [2.24, 2.45) is 0 Å². The number of oxazole rings is 1. The van der Waals surface area contributed by atoms with Crippen molar-refractivity contribution in [3.63, 3.8) is 0 Å². The van der Waals surface area contributed by atoms with Crippen molar-refractivity contribution >= 4 is 10.8 Å². The molecule has 1 aliphatic heterocycles. The van der Waals surface area contributed by atoms with Gasteiger partial charge in [0.05, 0.1) is 5.69 Å². The Morgan fingerprint density at radius 3 is 2.72 bits per heavy atom. The van der Waals surface area contributed by atoms with E-state index in [4.69, 9.17) is 9.40 Å². The summed E-state index contributed by atoms with van der Waals surface area (Å²) in [5.41, 5.74) is 2.10. The molecule has 0 saturated carbocycles. The summed E-state index contributed by atoms with van der Waals surface area (Å²) in [6, 6.07) is 15.4. The Hall–Kier alpha value is -2.17. The first kappa shape index (κ1) is 16.3. The van der Waals surface area contributed by atoms with E-state index in [9.17, 15) is 0 Å². The standard InChI is InChI=1S/C21H25N3O/c1-15-20(14-24-11-10-19(13-24)23(2)3)22-21(25-15)18-9-8-16-6-4-5-7-17(16)12-18/h4-9,12,19H,10-11,13-14H2,1-3H3. The minimum Gasteiger partial charge on any atom is -0.441 e. The van der Waals surface area contributed by atoms with Crippen LogP contribution in [0.1, 0.15) is 17.9 Å². The van der Waals surface area contributed by atoms with Crippen LogP contribution >= 0.6 is 0 Å². The van der Waals surface area contributed by atoms with Gasteiger partial charge in [0.2, 0.25) is 5.89 Å². The molecule has 2 aromatic carbocycles. The maximum absolute atomic E-state index is 5.99. The van der Waals surface area contributed by atoms with Crippen molar-refractivity contribution in [2.75, 3.05) is 27.2 Å². The number of likely N-dealkylation sites (tertiary alicyclic amines) is 1. The largest absolute Gasteiger partial charge is 0.441 e. The monoisotopic (exact) mass is 335 g/mol. The molecule has 1 fully saturated rings. The predicted molar refractivity (Wildman–Crippen MR) is 102 cm³/mol. The third kappa shape index (κ3) is 3.32. The van der Waals surface area contributed by atoms with E-state index in [1.165, 1.54) is 17.2 Å². The Balaban J connectivity index is 1.55. The summed E-state index contributed by atoms with van der Waals surface area (Å²) in [5.74, 6) is 1.65. The second-order valence-electron chi connectivity index (χ2n) is 7.23. The first-order valence-corrected chi connectivity index (χ1v) is 8.94. The first-order valence-electron chi connectivity index (χ1n) is 8.94. The van der Waals surface area contributed by atoms with E-state index in [1.54, 1.807) is 0 Å². The molecule has 0 aliphatic carbocycles. The molecule has 4 rings (SSSR count). The fraction of sp³-hybridized carbons (Fsp3) is 0.381. The van der Waals surface area contributed by atoms with Gasteiger partial charge >= 0.3 is 0 Å². The van der Waals surface area contributed by atoms with Crippen LogP contribution in [0.5, 0.6) is 0 Å². The first-order chi connectivity index (χ1) is 12.1. The van der Waals surface area contributed by atoms with Gasteiger partial charge in [0, 0.05) is 31.2 Å². The molecule has 4 heteroatoms. The highest BCUT2D eigenvalue weighted by molar-refractivity contribution is 5.86. The van der Waals surface area contributed by atoms with Gasteiger partial charge in [-0.15, -0.1) is 0 Å². The van der Waals surface area contributed by atoms with E-state index < -0.39 is 0 Å². The third-order valence-corrected chi connectivity index (χ3v) is 5.24. The molecule has 0 spiro atoms. The number of nitrogens with zero attached hydrogens (tertiary/aromatic N) is 3. The molecule has 1 unspecified atom stereocenters. The SMILES string of the molecule is Cc1oc(-c2ccc3ccccc3c2)nc1CN1CCC(N(C)C)C1. The summed E-state index contributed by atoms with van der Waals surface area (Å²) in [7, 11) is 4.32. The van der Waals surface area contributed by atoms with Crippen LogP contribution in [-0.4, -0.2) is 48.0 Å². The molecular weight excluding hydrogens is 310 g/mol. The van der Waals surface area contributed by atoms with Gasteiger partial charge in [0.15, 0.2) is 0 Å². The number of fused-ring (bicyclic) bond motifs is 1. The lowest BCUT2D eigenvalue weighted by Gasteiger charge is -2.19. The zero-order chi connectivity index (χ0) is 17.4. The maximum atomic E-state index is 5.99. The Bertz CT molecular complexity index is 884. The van der Waals surface area contributed by atoms with Crippen LogP contribution < -0.4 is 0 Å². The van der Waals surface area contributed by atoms with Crippen LogP contribution in [0, 0.1) is 6.92 Å². The molecule has 0 radical (unpaired) electrons. The third-order valence-electron chi connectivity index (χ3n) is 5.24. The Morgan fingerprint density at radius 2 is 1.96 bits per heavy atom. The molecule has 4 nitrogen and oxygen atoms in total. The number of hydrogen-bond acceptors (Lipinski definition) is 4.